The first-order chi connectivity index (χ1) is 13.4. The number of hydrogen-bond donors (Lipinski definition) is 2. The van der Waals surface area contributed by atoms with E-state index >= 15 is 0 Å². The fourth-order valence-electron chi connectivity index (χ4n) is 2.55. The van der Waals surface area contributed by atoms with Crippen molar-refractivity contribution in [1.29, 1.82) is 0 Å². The van der Waals surface area contributed by atoms with Crippen LogP contribution < -0.4 is 5.32 Å². The van der Waals surface area contributed by atoms with Crippen LogP contribution in [0.3, 0.4) is 0 Å². The van der Waals surface area contributed by atoms with Crippen LogP contribution in [-0.2, 0) is 34.8 Å². The number of hydrogen-bond acceptors (Lipinski definition) is 2. The van der Waals surface area contributed by atoms with Gasteiger partial charge in [0.15, 0.2) is 0 Å². The lowest BCUT2D eigenvalue weighted by molar-refractivity contribution is -0.141. The zero-order chi connectivity index (χ0) is 21.8. The van der Waals surface area contributed by atoms with Gasteiger partial charge < -0.3 is 10.4 Å². The van der Waals surface area contributed by atoms with Crippen LogP contribution in [0.2, 0.25) is 0 Å². The number of nitrogens with one attached hydrogen (secondary N) is 1. The molecule has 156 valence electrons. The maximum Gasteiger partial charge on any atom is 0.416 e. The molecule has 0 radical (unpaired) electrons. The van der Waals surface area contributed by atoms with E-state index in [9.17, 15) is 41.0 Å². The molecule has 2 rings (SSSR count). The summed E-state index contributed by atoms with van der Waals surface area (Å²) in [4.78, 5) is 23.4. The zero-order valence-corrected chi connectivity index (χ0v) is 14.6. The Labute approximate surface area is 161 Å². The lowest BCUT2D eigenvalue weighted by Crippen LogP contribution is -2.43. The van der Waals surface area contributed by atoms with Crippen molar-refractivity contribution in [2.75, 3.05) is 0 Å². The summed E-state index contributed by atoms with van der Waals surface area (Å²) in [6.07, 6.45) is -9.90. The first kappa shape index (κ1) is 22.3. The van der Waals surface area contributed by atoms with E-state index in [-0.39, 0.29) is 17.5 Å². The number of carboxylic acid groups (broad SMARTS) is 1. The van der Waals surface area contributed by atoms with Crippen molar-refractivity contribution in [2.24, 2.45) is 0 Å². The summed E-state index contributed by atoms with van der Waals surface area (Å²) in [7, 11) is 0. The molecule has 10 heteroatoms. The van der Waals surface area contributed by atoms with Crippen molar-refractivity contribution in [3.63, 3.8) is 0 Å². The van der Waals surface area contributed by atoms with E-state index in [0.29, 0.717) is 0 Å². The van der Waals surface area contributed by atoms with Gasteiger partial charge in [-0.25, -0.2) is 4.79 Å². The van der Waals surface area contributed by atoms with Crippen LogP contribution in [0, 0.1) is 0 Å². The van der Waals surface area contributed by atoms with Crippen molar-refractivity contribution < 1.29 is 41.0 Å². The molecule has 1 atom stereocenters. The van der Waals surface area contributed by atoms with Gasteiger partial charge in [-0.1, -0.05) is 30.3 Å². The van der Waals surface area contributed by atoms with Crippen LogP contribution >= 0.6 is 0 Å². The van der Waals surface area contributed by atoms with Crippen molar-refractivity contribution in [3.8, 4) is 0 Å². The fraction of sp³-hybridized carbons (Fsp3) is 0.263. The molecule has 0 heterocycles. The second-order valence-corrected chi connectivity index (χ2v) is 6.23. The van der Waals surface area contributed by atoms with Gasteiger partial charge in [0.05, 0.1) is 17.5 Å². The first-order valence-corrected chi connectivity index (χ1v) is 8.20. The molecule has 4 nitrogen and oxygen atoms in total. The predicted molar refractivity (Wildman–Crippen MR) is 89.9 cm³/mol. The largest absolute Gasteiger partial charge is 0.480 e. The Morgan fingerprint density at radius 1 is 0.862 bits per heavy atom. The average molecular weight is 419 g/mol. The Hall–Kier alpha value is -3.04. The molecule has 0 aliphatic rings. The van der Waals surface area contributed by atoms with Crippen LogP contribution in [0.4, 0.5) is 26.3 Å². The summed E-state index contributed by atoms with van der Waals surface area (Å²) in [5.74, 6) is -2.26. The Kier molecular flexibility index (Phi) is 6.55. The van der Waals surface area contributed by atoms with Crippen LogP contribution in [0.1, 0.15) is 22.3 Å². The summed E-state index contributed by atoms with van der Waals surface area (Å²) in [5, 5.41) is 11.4. The van der Waals surface area contributed by atoms with E-state index in [0.717, 1.165) is 42.5 Å². The first-order valence-electron chi connectivity index (χ1n) is 8.20. The number of amides is 1. The van der Waals surface area contributed by atoms with E-state index < -0.39 is 47.8 Å². The van der Waals surface area contributed by atoms with Crippen molar-refractivity contribution in [3.05, 3.63) is 70.8 Å². The Balaban J connectivity index is 2.05. The zero-order valence-electron chi connectivity index (χ0n) is 14.6. The van der Waals surface area contributed by atoms with Crippen molar-refractivity contribution >= 4 is 11.9 Å². The van der Waals surface area contributed by atoms with Crippen molar-refractivity contribution in [1.82, 2.24) is 5.32 Å². The van der Waals surface area contributed by atoms with Gasteiger partial charge in [-0.3, -0.25) is 4.79 Å². The number of rotatable bonds is 6. The molecule has 0 unspecified atom stereocenters. The van der Waals surface area contributed by atoms with Gasteiger partial charge in [0.2, 0.25) is 5.91 Å². The molecule has 0 bridgehead atoms. The third-order valence-corrected chi connectivity index (χ3v) is 3.97. The highest BCUT2D eigenvalue weighted by atomic mass is 19.4. The second-order valence-electron chi connectivity index (χ2n) is 6.23. The van der Waals surface area contributed by atoms with Gasteiger partial charge in [0.25, 0.3) is 0 Å². The summed E-state index contributed by atoms with van der Waals surface area (Å²) in [6.45, 7) is 0. The van der Waals surface area contributed by atoms with Crippen LogP contribution in [0.5, 0.6) is 0 Å². The molecule has 0 fully saturated rings. The second kappa shape index (κ2) is 8.54. The highest BCUT2D eigenvalue weighted by Crippen LogP contribution is 2.30. The molecule has 2 aromatic rings. The molecular weight excluding hydrogens is 404 g/mol. The molecule has 1 amide bonds. The van der Waals surface area contributed by atoms with Gasteiger partial charge in [0, 0.05) is 6.42 Å². The quantitative estimate of drug-likeness (QED) is 0.694. The lowest BCUT2D eigenvalue weighted by Gasteiger charge is -2.16. The third-order valence-electron chi connectivity index (χ3n) is 3.97. The van der Waals surface area contributed by atoms with Crippen LogP contribution in [-0.4, -0.2) is 23.0 Å². The topological polar surface area (TPSA) is 66.4 Å². The minimum Gasteiger partial charge on any atom is -0.480 e. The fourth-order valence-corrected chi connectivity index (χ4v) is 2.55. The molecule has 2 N–H and O–H groups in total. The van der Waals surface area contributed by atoms with E-state index in [1.807, 2.05) is 0 Å². The highest BCUT2D eigenvalue weighted by molar-refractivity contribution is 5.85. The summed E-state index contributed by atoms with van der Waals surface area (Å²) in [6, 6.07) is 6.36. The Morgan fingerprint density at radius 2 is 1.45 bits per heavy atom. The number of alkyl halides is 6. The molecule has 0 saturated carbocycles. The molecule has 2 aromatic carbocycles. The van der Waals surface area contributed by atoms with E-state index in [2.05, 4.69) is 5.32 Å². The standard InChI is InChI=1S/C19H15F6NO3/c20-18(21,22)13-6-4-11(5-7-13)9-15(17(28)29)26-16(27)10-12-2-1-3-14(8-12)19(23,24)25/h1-8,15H,9-10H2,(H,26,27)(H,28,29)/t15-/m1/s1. The number of benzene rings is 2. The summed E-state index contributed by atoms with van der Waals surface area (Å²) < 4.78 is 75.9. The number of halogens is 6. The molecule has 0 aliphatic carbocycles. The lowest BCUT2D eigenvalue weighted by atomic mass is 10.0. The normalized spacial score (nSPS) is 13.0. The van der Waals surface area contributed by atoms with Crippen LogP contribution in [0.25, 0.3) is 0 Å². The maximum absolute atomic E-state index is 12.7. The van der Waals surface area contributed by atoms with Gasteiger partial charge in [-0.2, -0.15) is 26.3 Å². The number of carboxylic acids is 1. The molecular formula is C19H15F6NO3. The monoisotopic (exact) mass is 419 g/mol. The minimum absolute atomic E-state index is 0.0380. The third kappa shape index (κ3) is 6.51. The SMILES string of the molecule is O=C(Cc1cccc(C(F)(F)F)c1)N[C@H](Cc1ccc(C(F)(F)F)cc1)C(=O)O. The Morgan fingerprint density at radius 3 is 1.97 bits per heavy atom. The smallest absolute Gasteiger partial charge is 0.416 e. The summed E-state index contributed by atoms with van der Waals surface area (Å²) in [5.41, 5.74) is -1.56. The Bertz CT molecular complexity index is 875. The van der Waals surface area contributed by atoms with Gasteiger partial charge >= 0.3 is 18.3 Å². The van der Waals surface area contributed by atoms with Crippen LogP contribution in [0.15, 0.2) is 48.5 Å². The number of aliphatic carboxylic acids is 1. The van der Waals surface area contributed by atoms with Gasteiger partial charge in [-0.05, 0) is 29.3 Å². The highest BCUT2D eigenvalue weighted by Gasteiger charge is 2.31. The summed E-state index contributed by atoms with van der Waals surface area (Å²) >= 11 is 0. The molecule has 0 aliphatic heterocycles. The molecule has 0 aromatic heterocycles. The maximum atomic E-state index is 12.7. The average Bonchev–Trinajstić information content (AvgIpc) is 2.60. The minimum atomic E-state index is -4.58. The van der Waals surface area contributed by atoms with E-state index in [1.165, 1.54) is 6.07 Å². The molecule has 0 spiro atoms. The number of carbonyl (C=O) groups is 2. The number of carbonyl (C=O) groups excluding carboxylic acids is 1. The van der Waals surface area contributed by atoms with Crippen molar-refractivity contribution in [2.45, 2.75) is 31.2 Å². The van der Waals surface area contributed by atoms with E-state index in [1.54, 1.807) is 0 Å². The van der Waals surface area contributed by atoms with E-state index in [4.69, 9.17) is 0 Å². The molecule has 29 heavy (non-hydrogen) atoms. The van der Waals surface area contributed by atoms with Gasteiger partial charge in [-0.15, -0.1) is 0 Å². The molecule has 0 saturated heterocycles. The van der Waals surface area contributed by atoms with Gasteiger partial charge in [0.1, 0.15) is 6.04 Å². The predicted octanol–water partition coefficient (Wildman–Crippen LogP) is 4.08.